The molecule has 0 atom stereocenters. The summed E-state index contributed by atoms with van der Waals surface area (Å²) < 4.78 is 33.1. The maximum absolute atomic E-state index is 12.5. The first-order chi connectivity index (χ1) is 16.6. The van der Waals surface area contributed by atoms with E-state index in [-0.39, 0.29) is 16.5 Å². The van der Waals surface area contributed by atoms with Gasteiger partial charge in [0.15, 0.2) is 17.4 Å². The number of rotatable bonds is 9. The maximum Gasteiger partial charge on any atom is 0.387 e. The average Bonchev–Trinajstić information content (AvgIpc) is 3.09. The number of anilines is 2. The van der Waals surface area contributed by atoms with Gasteiger partial charge in [-0.05, 0) is 44.2 Å². The number of hydrogen-bond donors (Lipinski definition) is 2. The first-order valence-corrected chi connectivity index (χ1v) is 11.3. The van der Waals surface area contributed by atoms with Crippen LogP contribution in [-0.4, -0.2) is 35.4 Å². The minimum atomic E-state index is -2.90. The number of aryl methyl sites for hydroxylation is 1. The molecule has 0 radical (unpaired) electrons. The van der Waals surface area contributed by atoms with Crippen molar-refractivity contribution in [3.05, 3.63) is 84.5 Å². The van der Waals surface area contributed by atoms with Crippen LogP contribution in [-0.2, 0) is 6.54 Å². The van der Waals surface area contributed by atoms with Gasteiger partial charge in [-0.3, -0.25) is 0 Å². The molecule has 6 nitrogen and oxygen atoms in total. The Morgan fingerprint density at radius 1 is 1.20 bits per heavy atom. The summed E-state index contributed by atoms with van der Waals surface area (Å²) in [4.78, 5) is 2.22. The number of pyridine rings is 1. The second-order valence-corrected chi connectivity index (χ2v) is 8.50. The number of alkyl halides is 2. The van der Waals surface area contributed by atoms with Gasteiger partial charge in [0, 0.05) is 61.1 Å². The smallest absolute Gasteiger partial charge is 0.387 e. The minimum Gasteiger partial charge on any atom is -0.502 e. The molecule has 0 aliphatic carbocycles. The van der Waals surface area contributed by atoms with E-state index in [1.165, 1.54) is 12.1 Å². The van der Waals surface area contributed by atoms with Crippen LogP contribution >= 0.6 is 12.2 Å². The summed E-state index contributed by atoms with van der Waals surface area (Å²) in [5, 5.41) is 14.6. The molecule has 0 unspecified atom stereocenters. The van der Waals surface area contributed by atoms with Crippen molar-refractivity contribution < 1.29 is 23.2 Å². The van der Waals surface area contributed by atoms with Crippen molar-refractivity contribution in [2.45, 2.75) is 27.0 Å². The zero-order valence-corrected chi connectivity index (χ0v) is 20.9. The average molecular weight is 500 g/mol. The molecule has 0 aliphatic rings. The minimum absolute atomic E-state index is 0.00571. The van der Waals surface area contributed by atoms with Crippen LogP contribution < -0.4 is 19.5 Å². The molecule has 2 aromatic heterocycles. The first-order valence-electron chi connectivity index (χ1n) is 10.9. The fourth-order valence-corrected chi connectivity index (χ4v) is 4.02. The van der Waals surface area contributed by atoms with Crippen molar-refractivity contribution in [2.24, 2.45) is 0 Å². The van der Waals surface area contributed by atoms with Gasteiger partial charge in [-0.2, -0.15) is 13.3 Å². The second-order valence-electron chi connectivity index (χ2n) is 8.10. The van der Waals surface area contributed by atoms with Crippen LogP contribution in [0.25, 0.3) is 11.5 Å². The topological polar surface area (TPSA) is 53.5 Å². The van der Waals surface area contributed by atoms with E-state index in [1.807, 2.05) is 68.0 Å². The Kier molecular flexibility index (Phi) is 8.24. The van der Waals surface area contributed by atoms with Crippen LogP contribution in [0.4, 0.5) is 20.2 Å². The predicted octanol–water partition coefficient (Wildman–Crippen LogP) is 5.57. The number of benzene rings is 1. The van der Waals surface area contributed by atoms with E-state index in [0.29, 0.717) is 23.5 Å². The fourth-order valence-electron chi connectivity index (χ4n) is 3.70. The molecule has 2 heterocycles. The molecular weight excluding hydrogens is 470 g/mol. The van der Waals surface area contributed by atoms with Gasteiger partial charge in [0.05, 0.1) is 0 Å². The molecule has 3 aromatic rings. The van der Waals surface area contributed by atoms with E-state index in [1.54, 1.807) is 22.8 Å². The van der Waals surface area contributed by atoms with Crippen LogP contribution in [0.3, 0.4) is 0 Å². The van der Waals surface area contributed by atoms with E-state index < -0.39 is 6.61 Å². The van der Waals surface area contributed by atoms with Gasteiger partial charge < -0.3 is 24.6 Å². The highest BCUT2D eigenvalue weighted by molar-refractivity contribution is 7.81. The number of aliphatic hydroxyl groups excluding tert-OH is 1. The quantitative estimate of drug-likeness (QED) is 0.133. The van der Waals surface area contributed by atoms with Gasteiger partial charge in [0.1, 0.15) is 5.75 Å². The second kappa shape index (κ2) is 11.1. The van der Waals surface area contributed by atoms with Crippen molar-refractivity contribution in [1.82, 2.24) is 4.57 Å². The molecule has 9 heteroatoms. The van der Waals surface area contributed by atoms with Crippen molar-refractivity contribution in [3.8, 4) is 5.75 Å². The summed E-state index contributed by atoms with van der Waals surface area (Å²) in [5.41, 5.74) is 4.41. The number of allylic oxidation sites excluding steroid dienone is 1. The van der Waals surface area contributed by atoms with Crippen molar-refractivity contribution in [3.63, 3.8) is 0 Å². The molecule has 1 aromatic carbocycles. The highest BCUT2D eigenvalue weighted by Gasteiger charge is 2.26. The lowest BCUT2D eigenvalue weighted by Crippen LogP contribution is -2.38. The summed E-state index contributed by atoms with van der Waals surface area (Å²) in [6, 6.07) is 11.7. The molecule has 184 valence electrons. The zero-order chi connectivity index (χ0) is 25.7. The number of ether oxygens (including phenoxy) is 1. The largest absolute Gasteiger partial charge is 0.502 e. The van der Waals surface area contributed by atoms with Crippen LogP contribution in [0.2, 0.25) is 0 Å². The molecule has 3 rings (SSSR count). The summed E-state index contributed by atoms with van der Waals surface area (Å²) in [5.74, 6) is 0.0459. The number of thiocarbonyl (C=S) groups is 1. The van der Waals surface area contributed by atoms with Gasteiger partial charge in [0.25, 0.3) is 5.70 Å². The SMILES string of the molecule is C=CCn1c(C)cc(/C(O)=C(\C(=S)Nc2ccc(OC(F)F)cc2)[n+]2ccc(N(C)C)cc2)c1C. The number of hydrogen-bond acceptors (Lipinski definition) is 4. The normalized spacial score (nSPS) is 11.7. The van der Waals surface area contributed by atoms with Gasteiger partial charge >= 0.3 is 6.61 Å². The Morgan fingerprint density at radius 3 is 2.37 bits per heavy atom. The third-order valence-electron chi connectivity index (χ3n) is 5.50. The number of halogens is 2. The standard InChI is InChI=1S/C26H28F2N4O2S/c1-6-13-32-17(2)16-22(18(32)3)24(33)23(31-14-11-20(12-15-31)30(4)5)25(35)29-19-7-9-21(10-8-19)34-26(27)28/h6-12,14-16,26H,1,13H2,2-5H3,(H-,29,33,35)/p+1. The Hall–Kier alpha value is -3.72. The molecular formula is C26H29F2N4O2S+. The molecule has 0 bridgehead atoms. The highest BCUT2D eigenvalue weighted by atomic mass is 32.1. The van der Waals surface area contributed by atoms with E-state index >= 15 is 0 Å². The predicted molar refractivity (Wildman–Crippen MR) is 140 cm³/mol. The lowest BCUT2D eigenvalue weighted by atomic mass is 10.1. The van der Waals surface area contributed by atoms with E-state index in [0.717, 1.165) is 17.1 Å². The molecule has 35 heavy (non-hydrogen) atoms. The van der Waals surface area contributed by atoms with Crippen molar-refractivity contribution in [1.29, 1.82) is 0 Å². The van der Waals surface area contributed by atoms with Crippen molar-refractivity contribution >= 4 is 40.0 Å². The molecule has 0 spiro atoms. The summed E-state index contributed by atoms with van der Waals surface area (Å²) in [7, 11) is 3.88. The van der Waals surface area contributed by atoms with Crippen molar-refractivity contribution in [2.75, 3.05) is 24.3 Å². The summed E-state index contributed by atoms with van der Waals surface area (Å²) in [6.07, 6.45) is 5.43. The molecule has 0 saturated heterocycles. The Morgan fingerprint density at radius 2 is 1.83 bits per heavy atom. The Bertz CT molecular complexity index is 1230. The van der Waals surface area contributed by atoms with Gasteiger partial charge in [0.2, 0.25) is 5.76 Å². The Labute approximate surface area is 209 Å². The first kappa shape index (κ1) is 25.9. The summed E-state index contributed by atoms with van der Waals surface area (Å²) >= 11 is 5.70. The molecule has 0 amide bonds. The van der Waals surface area contributed by atoms with Crippen LogP contribution in [0.5, 0.6) is 5.75 Å². The van der Waals surface area contributed by atoms with Crippen LogP contribution in [0.1, 0.15) is 17.0 Å². The number of aliphatic hydroxyl groups is 1. The third kappa shape index (κ3) is 6.05. The van der Waals surface area contributed by atoms with Crippen LogP contribution in [0.15, 0.2) is 67.5 Å². The van der Waals surface area contributed by atoms with E-state index in [9.17, 15) is 13.9 Å². The number of nitrogens with zero attached hydrogens (tertiary/aromatic N) is 3. The number of nitrogens with one attached hydrogen (secondary N) is 1. The Balaban J connectivity index is 2.05. The third-order valence-corrected chi connectivity index (χ3v) is 5.80. The van der Waals surface area contributed by atoms with Gasteiger partial charge in [-0.25, -0.2) is 0 Å². The lowest BCUT2D eigenvalue weighted by molar-refractivity contribution is -0.575. The highest BCUT2D eigenvalue weighted by Crippen LogP contribution is 2.26. The van der Waals surface area contributed by atoms with E-state index in [4.69, 9.17) is 12.2 Å². The monoisotopic (exact) mass is 499 g/mol. The molecule has 0 aliphatic heterocycles. The zero-order valence-electron chi connectivity index (χ0n) is 20.1. The molecule has 2 N–H and O–H groups in total. The lowest BCUT2D eigenvalue weighted by Gasteiger charge is -2.13. The molecule has 0 saturated carbocycles. The molecule has 0 fully saturated rings. The van der Waals surface area contributed by atoms with E-state index in [2.05, 4.69) is 16.6 Å². The fraction of sp³-hybridized carbons (Fsp3) is 0.231. The van der Waals surface area contributed by atoms with Gasteiger partial charge in [-0.15, -0.1) is 6.58 Å². The number of aromatic nitrogens is 2. The summed E-state index contributed by atoms with van der Waals surface area (Å²) in [6.45, 7) is 5.41. The van der Waals surface area contributed by atoms with Crippen LogP contribution in [0, 0.1) is 13.8 Å². The van der Waals surface area contributed by atoms with Gasteiger partial charge in [-0.1, -0.05) is 18.3 Å². The maximum atomic E-state index is 12.5.